The smallest absolute Gasteiger partial charge is 0.224 e. The maximum absolute atomic E-state index is 11.7. The van der Waals surface area contributed by atoms with Crippen LogP contribution in [0.5, 0.6) is 0 Å². The Morgan fingerprint density at radius 3 is 2.53 bits per heavy atom. The van der Waals surface area contributed by atoms with Crippen LogP contribution >= 0.6 is 0 Å². The first kappa shape index (κ1) is 15.7. The Hall–Kier alpha value is -1.36. The zero-order chi connectivity index (χ0) is 14.3. The predicted molar refractivity (Wildman–Crippen MR) is 75.8 cm³/mol. The maximum atomic E-state index is 11.7. The molecular formula is C14H21NO3S. The number of hydrogen-bond donors (Lipinski definition) is 1. The molecule has 0 bridgehead atoms. The number of rotatable bonds is 7. The van der Waals surface area contributed by atoms with Crippen molar-refractivity contribution in [1.82, 2.24) is 5.32 Å². The van der Waals surface area contributed by atoms with Crippen molar-refractivity contribution in [2.24, 2.45) is 0 Å². The molecule has 5 heteroatoms. The minimum Gasteiger partial charge on any atom is -0.356 e. The van der Waals surface area contributed by atoms with E-state index in [1.807, 2.05) is 0 Å². The molecule has 106 valence electrons. The molecule has 0 heterocycles. The Morgan fingerprint density at radius 2 is 1.89 bits per heavy atom. The summed E-state index contributed by atoms with van der Waals surface area (Å²) in [5.41, 5.74) is 0.554. The molecule has 19 heavy (non-hydrogen) atoms. The Balaban J connectivity index is 2.65. The zero-order valence-electron chi connectivity index (χ0n) is 11.5. The van der Waals surface area contributed by atoms with Crippen LogP contribution in [0.2, 0.25) is 0 Å². The van der Waals surface area contributed by atoms with Crippen molar-refractivity contribution in [3.05, 3.63) is 29.8 Å². The van der Waals surface area contributed by atoms with Crippen LogP contribution in [-0.2, 0) is 21.1 Å². The van der Waals surface area contributed by atoms with Gasteiger partial charge in [-0.2, -0.15) is 0 Å². The molecule has 0 saturated carbocycles. The standard InChI is InChI=1S/C14H21NO3S/c1-3-4-7-10-15-14(16)11-12-8-5-6-9-13(12)19(2,17)18/h5-6,8-9H,3-4,7,10-11H2,1-2H3,(H,15,16). The third kappa shape index (κ3) is 5.42. The third-order valence-electron chi connectivity index (χ3n) is 2.83. The van der Waals surface area contributed by atoms with Gasteiger partial charge in [0, 0.05) is 12.8 Å². The molecule has 4 nitrogen and oxygen atoms in total. The molecule has 1 N–H and O–H groups in total. The Morgan fingerprint density at radius 1 is 1.21 bits per heavy atom. The highest BCUT2D eigenvalue weighted by atomic mass is 32.2. The van der Waals surface area contributed by atoms with Gasteiger partial charge in [0.2, 0.25) is 5.91 Å². The van der Waals surface area contributed by atoms with Crippen LogP contribution in [0.3, 0.4) is 0 Å². The number of amides is 1. The quantitative estimate of drug-likeness (QED) is 0.778. The summed E-state index contributed by atoms with van der Waals surface area (Å²) >= 11 is 0. The monoisotopic (exact) mass is 283 g/mol. The highest BCUT2D eigenvalue weighted by molar-refractivity contribution is 7.90. The summed E-state index contributed by atoms with van der Waals surface area (Å²) < 4.78 is 23.2. The van der Waals surface area contributed by atoms with E-state index in [0.717, 1.165) is 25.5 Å². The molecule has 1 rings (SSSR count). The lowest BCUT2D eigenvalue weighted by Gasteiger charge is -2.08. The fourth-order valence-corrected chi connectivity index (χ4v) is 2.79. The van der Waals surface area contributed by atoms with Gasteiger partial charge in [0.25, 0.3) is 0 Å². The predicted octanol–water partition coefficient (Wildman–Crippen LogP) is 1.94. The third-order valence-corrected chi connectivity index (χ3v) is 4.02. The number of carbonyl (C=O) groups excluding carboxylic acids is 1. The van der Waals surface area contributed by atoms with Crippen LogP contribution in [0.15, 0.2) is 29.2 Å². The molecule has 0 aliphatic heterocycles. The largest absolute Gasteiger partial charge is 0.356 e. The Kier molecular flexibility index (Phi) is 6.02. The molecule has 0 spiro atoms. The molecular weight excluding hydrogens is 262 g/mol. The molecule has 1 aromatic carbocycles. The number of hydrogen-bond acceptors (Lipinski definition) is 3. The number of unbranched alkanes of at least 4 members (excludes halogenated alkanes) is 2. The lowest BCUT2D eigenvalue weighted by atomic mass is 10.1. The van der Waals surface area contributed by atoms with Crippen molar-refractivity contribution < 1.29 is 13.2 Å². The van der Waals surface area contributed by atoms with Gasteiger partial charge in [0.1, 0.15) is 0 Å². The summed E-state index contributed by atoms with van der Waals surface area (Å²) in [7, 11) is -3.29. The molecule has 0 atom stereocenters. The van der Waals surface area contributed by atoms with Gasteiger partial charge in [0.05, 0.1) is 11.3 Å². The van der Waals surface area contributed by atoms with Crippen molar-refractivity contribution in [1.29, 1.82) is 0 Å². The van der Waals surface area contributed by atoms with E-state index in [-0.39, 0.29) is 17.2 Å². The SMILES string of the molecule is CCCCCNC(=O)Cc1ccccc1S(C)(=O)=O. The zero-order valence-corrected chi connectivity index (χ0v) is 12.3. The van der Waals surface area contributed by atoms with E-state index < -0.39 is 9.84 Å². The van der Waals surface area contributed by atoms with Crippen LogP contribution in [0.1, 0.15) is 31.7 Å². The molecule has 0 unspecified atom stereocenters. The van der Waals surface area contributed by atoms with Gasteiger partial charge in [-0.1, -0.05) is 38.0 Å². The number of sulfone groups is 1. The minimum atomic E-state index is -3.29. The molecule has 0 saturated heterocycles. The first-order valence-electron chi connectivity index (χ1n) is 6.49. The van der Waals surface area contributed by atoms with E-state index in [2.05, 4.69) is 12.2 Å². The second kappa shape index (κ2) is 7.28. The van der Waals surface area contributed by atoms with Crippen LogP contribution < -0.4 is 5.32 Å². The molecule has 1 aromatic rings. The second-order valence-electron chi connectivity index (χ2n) is 4.61. The number of carbonyl (C=O) groups is 1. The van der Waals surface area contributed by atoms with Gasteiger partial charge in [-0.15, -0.1) is 0 Å². The average Bonchev–Trinajstić information content (AvgIpc) is 2.34. The molecule has 1 amide bonds. The van der Waals surface area contributed by atoms with Gasteiger partial charge in [-0.3, -0.25) is 4.79 Å². The lowest BCUT2D eigenvalue weighted by molar-refractivity contribution is -0.120. The van der Waals surface area contributed by atoms with E-state index in [0.29, 0.717) is 12.1 Å². The van der Waals surface area contributed by atoms with Crippen LogP contribution in [0.25, 0.3) is 0 Å². The van der Waals surface area contributed by atoms with Gasteiger partial charge in [-0.05, 0) is 18.1 Å². The second-order valence-corrected chi connectivity index (χ2v) is 6.60. The Bertz CT molecular complexity index is 523. The van der Waals surface area contributed by atoms with Gasteiger partial charge in [-0.25, -0.2) is 8.42 Å². The summed E-state index contributed by atoms with van der Waals surface area (Å²) in [6.07, 6.45) is 4.41. The van der Waals surface area contributed by atoms with Crippen molar-refractivity contribution in [3.63, 3.8) is 0 Å². The molecule has 0 aromatic heterocycles. The van der Waals surface area contributed by atoms with Gasteiger partial charge >= 0.3 is 0 Å². The van der Waals surface area contributed by atoms with Crippen molar-refractivity contribution in [3.8, 4) is 0 Å². The normalized spacial score (nSPS) is 11.3. The van der Waals surface area contributed by atoms with Crippen molar-refractivity contribution in [2.75, 3.05) is 12.8 Å². The molecule has 0 aliphatic carbocycles. The molecule has 0 radical (unpaired) electrons. The minimum absolute atomic E-state index is 0.107. The number of benzene rings is 1. The molecule has 0 fully saturated rings. The Labute approximate surface area is 115 Å². The topological polar surface area (TPSA) is 63.2 Å². The summed E-state index contributed by atoms with van der Waals surface area (Å²) in [6.45, 7) is 2.75. The first-order valence-corrected chi connectivity index (χ1v) is 8.39. The summed E-state index contributed by atoms with van der Waals surface area (Å²) in [4.78, 5) is 12.0. The molecule has 0 aliphatic rings. The van der Waals surface area contributed by atoms with Crippen LogP contribution in [-0.4, -0.2) is 27.1 Å². The first-order chi connectivity index (χ1) is 8.95. The highest BCUT2D eigenvalue weighted by Crippen LogP contribution is 2.15. The highest BCUT2D eigenvalue weighted by Gasteiger charge is 2.14. The fraction of sp³-hybridized carbons (Fsp3) is 0.500. The van der Waals surface area contributed by atoms with Crippen molar-refractivity contribution >= 4 is 15.7 Å². The van der Waals surface area contributed by atoms with Gasteiger partial charge in [0.15, 0.2) is 9.84 Å². The van der Waals surface area contributed by atoms with Crippen LogP contribution in [0, 0.1) is 0 Å². The maximum Gasteiger partial charge on any atom is 0.224 e. The lowest BCUT2D eigenvalue weighted by Crippen LogP contribution is -2.26. The van der Waals surface area contributed by atoms with E-state index in [9.17, 15) is 13.2 Å². The van der Waals surface area contributed by atoms with Gasteiger partial charge < -0.3 is 5.32 Å². The van der Waals surface area contributed by atoms with E-state index >= 15 is 0 Å². The van der Waals surface area contributed by atoms with E-state index in [4.69, 9.17) is 0 Å². The fourth-order valence-electron chi connectivity index (χ4n) is 1.85. The van der Waals surface area contributed by atoms with E-state index in [1.165, 1.54) is 6.07 Å². The summed E-state index contributed by atoms with van der Waals surface area (Å²) in [5.74, 6) is -0.132. The number of nitrogens with one attached hydrogen (secondary N) is 1. The summed E-state index contributed by atoms with van der Waals surface area (Å²) in [5, 5.41) is 2.81. The average molecular weight is 283 g/mol. The van der Waals surface area contributed by atoms with E-state index in [1.54, 1.807) is 18.2 Å². The summed E-state index contributed by atoms with van der Waals surface area (Å²) in [6, 6.07) is 6.63. The van der Waals surface area contributed by atoms with Crippen molar-refractivity contribution in [2.45, 2.75) is 37.5 Å². The van der Waals surface area contributed by atoms with Crippen LogP contribution in [0.4, 0.5) is 0 Å².